The highest BCUT2D eigenvalue weighted by atomic mass is 32.1. The van der Waals surface area contributed by atoms with Gasteiger partial charge in [0.1, 0.15) is 0 Å². The quantitative estimate of drug-likeness (QED) is 0.811. The van der Waals surface area contributed by atoms with Gasteiger partial charge in [0.2, 0.25) is 0 Å². The van der Waals surface area contributed by atoms with E-state index in [0.29, 0.717) is 6.54 Å². The molecule has 128 valence electrons. The second kappa shape index (κ2) is 7.62. The number of rotatable bonds is 5. The highest BCUT2D eigenvalue weighted by Gasteiger charge is 2.40. The van der Waals surface area contributed by atoms with E-state index in [1.807, 2.05) is 6.92 Å². The number of aryl methyl sites for hydroxylation is 2. The largest absolute Gasteiger partial charge is 0.375 e. The van der Waals surface area contributed by atoms with Crippen LogP contribution in [-0.4, -0.2) is 35.8 Å². The standard InChI is InChI=1S/C17H27N3O2S/c1-13-12-23-15(19-13)5-4-9-18-16(21)20-14-6-10-22-17(11-14)7-2-3-8-17/h12,14H,2-11H2,1H3,(H2,18,20,21)/t14-/m0/s1. The normalized spacial score (nSPS) is 23.1. The van der Waals surface area contributed by atoms with Crippen LogP contribution in [0, 0.1) is 6.92 Å². The Labute approximate surface area is 142 Å². The van der Waals surface area contributed by atoms with Crippen molar-refractivity contribution in [2.75, 3.05) is 13.2 Å². The molecule has 2 aliphatic rings. The lowest BCUT2D eigenvalue weighted by Gasteiger charge is -2.38. The van der Waals surface area contributed by atoms with Crippen molar-refractivity contribution in [2.24, 2.45) is 0 Å². The fourth-order valence-corrected chi connectivity index (χ4v) is 4.53. The predicted molar refractivity (Wildman–Crippen MR) is 91.9 cm³/mol. The summed E-state index contributed by atoms with van der Waals surface area (Å²) in [6.07, 6.45) is 8.58. The fourth-order valence-electron chi connectivity index (χ4n) is 3.71. The molecule has 3 rings (SSSR count). The molecule has 1 aromatic heterocycles. The van der Waals surface area contributed by atoms with Crippen LogP contribution in [0.5, 0.6) is 0 Å². The molecule has 2 N–H and O–H groups in total. The van der Waals surface area contributed by atoms with Gasteiger partial charge in [-0.25, -0.2) is 9.78 Å². The second-order valence-electron chi connectivity index (χ2n) is 6.81. The van der Waals surface area contributed by atoms with Gasteiger partial charge in [0.15, 0.2) is 0 Å². The third-order valence-corrected chi connectivity index (χ3v) is 5.89. The number of nitrogens with one attached hydrogen (secondary N) is 2. The summed E-state index contributed by atoms with van der Waals surface area (Å²) >= 11 is 1.69. The highest BCUT2D eigenvalue weighted by Crippen LogP contribution is 2.39. The third kappa shape index (κ3) is 4.67. The summed E-state index contributed by atoms with van der Waals surface area (Å²) < 4.78 is 6.01. The average molecular weight is 337 g/mol. The van der Waals surface area contributed by atoms with Gasteiger partial charge >= 0.3 is 6.03 Å². The molecule has 1 spiro atoms. The molecule has 0 aromatic carbocycles. The molecule has 0 radical (unpaired) electrons. The van der Waals surface area contributed by atoms with Crippen LogP contribution in [0.4, 0.5) is 4.79 Å². The fraction of sp³-hybridized carbons (Fsp3) is 0.765. The molecule has 5 nitrogen and oxygen atoms in total. The molecule has 1 aliphatic heterocycles. The number of aromatic nitrogens is 1. The summed E-state index contributed by atoms with van der Waals surface area (Å²) in [4.78, 5) is 16.5. The molecule has 23 heavy (non-hydrogen) atoms. The van der Waals surface area contributed by atoms with Crippen LogP contribution in [0.2, 0.25) is 0 Å². The maximum Gasteiger partial charge on any atom is 0.315 e. The molecule has 1 saturated carbocycles. The zero-order chi connectivity index (χ0) is 16.1. The van der Waals surface area contributed by atoms with Crippen LogP contribution in [-0.2, 0) is 11.2 Å². The summed E-state index contributed by atoms with van der Waals surface area (Å²) in [5.74, 6) is 0. The van der Waals surface area contributed by atoms with E-state index in [9.17, 15) is 4.79 Å². The Kier molecular flexibility index (Phi) is 5.54. The molecular formula is C17H27N3O2S. The molecule has 1 atom stereocenters. The number of ether oxygens (including phenoxy) is 1. The first-order valence-corrected chi connectivity index (χ1v) is 9.63. The SMILES string of the molecule is Cc1csc(CCCNC(=O)N[C@H]2CCOC3(CCCC3)C2)n1. The lowest BCUT2D eigenvalue weighted by atomic mass is 9.89. The number of nitrogens with zero attached hydrogens (tertiary/aromatic N) is 1. The van der Waals surface area contributed by atoms with Crippen molar-refractivity contribution in [1.82, 2.24) is 15.6 Å². The van der Waals surface area contributed by atoms with E-state index in [1.165, 1.54) is 12.8 Å². The van der Waals surface area contributed by atoms with Crippen molar-refractivity contribution in [1.29, 1.82) is 0 Å². The summed E-state index contributed by atoms with van der Waals surface area (Å²) in [7, 11) is 0. The highest BCUT2D eigenvalue weighted by molar-refractivity contribution is 7.09. The lowest BCUT2D eigenvalue weighted by molar-refractivity contribution is -0.0820. The van der Waals surface area contributed by atoms with E-state index in [4.69, 9.17) is 4.74 Å². The Balaban J connectivity index is 1.34. The molecule has 1 aliphatic carbocycles. The van der Waals surface area contributed by atoms with Gasteiger partial charge < -0.3 is 15.4 Å². The maximum absolute atomic E-state index is 12.1. The minimum Gasteiger partial charge on any atom is -0.375 e. The van der Waals surface area contributed by atoms with Gasteiger partial charge in [0.25, 0.3) is 0 Å². The minimum atomic E-state index is -0.0413. The van der Waals surface area contributed by atoms with Crippen molar-refractivity contribution < 1.29 is 9.53 Å². The predicted octanol–water partition coefficient (Wildman–Crippen LogP) is 3.18. The molecule has 6 heteroatoms. The van der Waals surface area contributed by atoms with Crippen molar-refractivity contribution >= 4 is 17.4 Å². The van der Waals surface area contributed by atoms with E-state index >= 15 is 0 Å². The first kappa shape index (κ1) is 16.7. The smallest absolute Gasteiger partial charge is 0.315 e. The zero-order valence-corrected chi connectivity index (χ0v) is 14.7. The van der Waals surface area contributed by atoms with Gasteiger partial charge in [-0.2, -0.15) is 0 Å². The Morgan fingerprint density at radius 2 is 2.30 bits per heavy atom. The van der Waals surface area contributed by atoms with Gasteiger partial charge in [-0.05, 0) is 39.0 Å². The number of carbonyl (C=O) groups excluding carboxylic acids is 1. The molecule has 2 fully saturated rings. The van der Waals surface area contributed by atoms with Crippen molar-refractivity contribution in [3.8, 4) is 0 Å². The summed E-state index contributed by atoms with van der Waals surface area (Å²) in [5.41, 5.74) is 1.13. The van der Waals surface area contributed by atoms with Crippen LogP contribution in [0.25, 0.3) is 0 Å². The van der Waals surface area contributed by atoms with Crippen molar-refractivity contribution in [3.63, 3.8) is 0 Å². The average Bonchev–Trinajstić information content (AvgIpc) is 3.13. The van der Waals surface area contributed by atoms with E-state index < -0.39 is 0 Å². The Hall–Kier alpha value is -1.14. The van der Waals surface area contributed by atoms with E-state index in [0.717, 1.165) is 55.8 Å². The van der Waals surface area contributed by atoms with Gasteiger partial charge in [-0.1, -0.05) is 12.8 Å². The first-order chi connectivity index (χ1) is 11.2. The molecule has 0 unspecified atom stereocenters. The molecule has 2 amide bonds. The first-order valence-electron chi connectivity index (χ1n) is 8.75. The van der Waals surface area contributed by atoms with Crippen LogP contribution < -0.4 is 10.6 Å². The Bertz CT molecular complexity index is 526. The third-order valence-electron chi connectivity index (χ3n) is 4.86. The van der Waals surface area contributed by atoms with Gasteiger partial charge in [-0.15, -0.1) is 11.3 Å². The molecule has 0 bridgehead atoms. The van der Waals surface area contributed by atoms with Crippen LogP contribution in [0.3, 0.4) is 0 Å². The van der Waals surface area contributed by atoms with Crippen molar-refractivity contribution in [3.05, 3.63) is 16.1 Å². The number of hydrogen-bond acceptors (Lipinski definition) is 4. The lowest BCUT2D eigenvalue weighted by Crippen LogP contribution is -2.50. The second-order valence-corrected chi connectivity index (χ2v) is 7.76. The number of hydrogen-bond donors (Lipinski definition) is 2. The summed E-state index contributed by atoms with van der Waals surface area (Å²) in [6, 6.07) is 0.212. The van der Waals surface area contributed by atoms with Crippen LogP contribution in [0.1, 0.15) is 55.6 Å². The number of thiazole rings is 1. The topological polar surface area (TPSA) is 63.2 Å². The van der Waals surface area contributed by atoms with Gasteiger partial charge in [0, 0.05) is 36.7 Å². The monoisotopic (exact) mass is 337 g/mol. The minimum absolute atomic E-state index is 0.0413. The maximum atomic E-state index is 12.1. The van der Waals surface area contributed by atoms with Crippen LogP contribution in [0.15, 0.2) is 5.38 Å². The Morgan fingerprint density at radius 1 is 1.48 bits per heavy atom. The number of urea groups is 1. The molecule has 1 saturated heterocycles. The number of amides is 2. The van der Waals surface area contributed by atoms with E-state index in [1.54, 1.807) is 11.3 Å². The van der Waals surface area contributed by atoms with Gasteiger partial charge in [-0.3, -0.25) is 0 Å². The molecular weight excluding hydrogens is 310 g/mol. The Morgan fingerprint density at radius 3 is 3.04 bits per heavy atom. The van der Waals surface area contributed by atoms with Gasteiger partial charge in [0.05, 0.1) is 10.6 Å². The summed E-state index contributed by atoms with van der Waals surface area (Å²) in [6.45, 7) is 3.48. The summed E-state index contributed by atoms with van der Waals surface area (Å²) in [5, 5.41) is 9.32. The number of carbonyl (C=O) groups is 1. The van der Waals surface area contributed by atoms with E-state index in [2.05, 4.69) is 21.0 Å². The van der Waals surface area contributed by atoms with E-state index in [-0.39, 0.29) is 17.7 Å². The zero-order valence-electron chi connectivity index (χ0n) is 13.9. The van der Waals surface area contributed by atoms with Crippen LogP contribution >= 0.6 is 11.3 Å². The van der Waals surface area contributed by atoms with Crippen molar-refractivity contribution in [2.45, 2.75) is 69.9 Å². The molecule has 1 aromatic rings. The molecule has 2 heterocycles.